The van der Waals surface area contributed by atoms with Gasteiger partial charge in [0.2, 0.25) is 0 Å². The monoisotopic (exact) mass is 258 g/mol. The molecule has 2 atom stereocenters. The second kappa shape index (κ2) is 5.31. The number of fused-ring (bicyclic) bond motifs is 1. The van der Waals surface area contributed by atoms with Crippen LogP contribution in [0.1, 0.15) is 25.3 Å². The first kappa shape index (κ1) is 12.6. The Morgan fingerprint density at radius 1 is 1.58 bits per heavy atom. The van der Waals surface area contributed by atoms with E-state index in [0.717, 1.165) is 18.7 Å². The zero-order chi connectivity index (χ0) is 13.2. The third-order valence-corrected chi connectivity index (χ3v) is 4.22. The van der Waals surface area contributed by atoms with Gasteiger partial charge in [-0.2, -0.15) is 0 Å². The van der Waals surface area contributed by atoms with Crippen LogP contribution >= 0.6 is 0 Å². The number of pyridine rings is 1. The summed E-state index contributed by atoms with van der Waals surface area (Å²) in [4.78, 5) is 10.1. The second-order valence-corrected chi connectivity index (χ2v) is 5.71. The topological polar surface area (TPSA) is 57.9 Å². The maximum Gasteiger partial charge on any atom is 0.137 e. The fourth-order valence-electron chi connectivity index (χ4n) is 3.05. The van der Waals surface area contributed by atoms with Crippen molar-refractivity contribution in [2.24, 2.45) is 11.7 Å². The molecular weight excluding hydrogens is 236 g/mol. The smallest absolute Gasteiger partial charge is 0.137 e. The molecule has 0 saturated carbocycles. The molecule has 102 valence electrons. The summed E-state index contributed by atoms with van der Waals surface area (Å²) in [5.74, 6) is 0.636. The third-order valence-electron chi connectivity index (χ3n) is 4.22. The summed E-state index contributed by atoms with van der Waals surface area (Å²) in [6.45, 7) is 5.42. The molecule has 0 radical (unpaired) electrons. The molecule has 1 aliphatic heterocycles. The number of nitrogens with zero attached hydrogens (tertiary/aromatic N) is 2. The number of H-pyrrole nitrogens is 1. The molecule has 19 heavy (non-hydrogen) atoms. The van der Waals surface area contributed by atoms with E-state index in [1.54, 1.807) is 0 Å². The zero-order valence-corrected chi connectivity index (χ0v) is 11.5. The second-order valence-electron chi connectivity index (χ2n) is 5.71. The molecule has 1 saturated heterocycles. The normalized spacial score (nSPS) is 22.7. The number of aromatic amines is 1. The van der Waals surface area contributed by atoms with Crippen LogP contribution in [0.25, 0.3) is 11.0 Å². The van der Waals surface area contributed by atoms with E-state index >= 15 is 0 Å². The van der Waals surface area contributed by atoms with Crippen molar-refractivity contribution in [1.82, 2.24) is 14.9 Å². The maximum atomic E-state index is 6.05. The predicted molar refractivity (Wildman–Crippen MR) is 77.7 cm³/mol. The van der Waals surface area contributed by atoms with Gasteiger partial charge in [-0.3, -0.25) is 4.90 Å². The van der Waals surface area contributed by atoms with Crippen LogP contribution in [0.15, 0.2) is 24.5 Å². The molecule has 3 heterocycles. The molecule has 0 aliphatic carbocycles. The number of hydrogen-bond donors (Lipinski definition) is 2. The largest absolute Gasteiger partial charge is 0.346 e. The van der Waals surface area contributed by atoms with E-state index in [-0.39, 0.29) is 0 Å². The average molecular weight is 258 g/mol. The van der Waals surface area contributed by atoms with E-state index < -0.39 is 0 Å². The van der Waals surface area contributed by atoms with E-state index in [9.17, 15) is 0 Å². The van der Waals surface area contributed by atoms with Crippen LogP contribution in [0.3, 0.4) is 0 Å². The number of nitrogens with two attached hydrogens (primary N) is 1. The number of likely N-dealkylation sites (tertiary alicyclic amines) is 1. The molecule has 4 nitrogen and oxygen atoms in total. The number of rotatable bonds is 3. The van der Waals surface area contributed by atoms with Gasteiger partial charge in [-0.1, -0.05) is 0 Å². The summed E-state index contributed by atoms with van der Waals surface area (Å²) >= 11 is 0. The van der Waals surface area contributed by atoms with Crippen molar-refractivity contribution in [1.29, 1.82) is 0 Å². The van der Waals surface area contributed by atoms with Crippen molar-refractivity contribution in [3.05, 3.63) is 30.1 Å². The lowest BCUT2D eigenvalue weighted by atomic mass is 9.92. The van der Waals surface area contributed by atoms with Crippen molar-refractivity contribution in [2.75, 3.05) is 13.1 Å². The fourth-order valence-corrected chi connectivity index (χ4v) is 3.05. The average Bonchev–Trinajstić information content (AvgIpc) is 2.83. The van der Waals surface area contributed by atoms with Gasteiger partial charge in [0.15, 0.2) is 0 Å². The lowest BCUT2D eigenvalue weighted by molar-refractivity contribution is 0.155. The van der Waals surface area contributed by atoms with Crippen LogP contribution in [0.4, 0.5) is 0 Å². The van der Waals surface area contributed by atoms with Gasteiger partial charge in [0.05, 0.1) is 0 Å². The molecule has 2 aromatic rings. The van der Waals surface area contributed by atoms with Crippen molar-refractivity contribution < 1.29 is 0 Å². The Morgan fingerprint density at radius 3 is 3.32 bits per heavy atom. The Morgan fingerprint density at radius 2 is 2.47 bits per heavy atom. The molecule has 0 spiro atoms. The van der Waals surface area contributed by atoms with Gasteiger partial charge in [0, 0.05) is 36.9 Å². The van der Waals surface area contributed by atoms with E-state index in [1.807, 2.05) is 12.3 Å². The maximum absolute atomic E-state index is 6.05. The molecule has 0 bridgehead atoms. The molecule has 4 heteroatoms. The molecule has 1 fully saturated rings. The lowest BCUT2D eigenvalue weighted by Gasteiger charge is -2.34. The Kier molecular flexibility index (Phi) is 3.53. The Labute approximate surface area is 114 Å². The summed E-state index contributed by atoms with van der Waals surface area (Å²) in [7, 11) is 0. The first-order valence-electron chi connectivity index (χ1n) is 7.13. The molecule has 1 aliphatic rings. The number of aromatic nitrogens is 2. The van der Waals surface area contributed by atoms with Gasteiger partial charge in [-0.15, -0.1) is 0 Å². The molecule has 0 aromatic carbocycles. The van der Waals surface area contributed by atoms with Crippen LogP contribution in [-0.4, -0.2) is 34.0 Å². The molecule has 3 N–H and O–H groups in total. The van der Waals surface area contributed by atoms with Crippen LogP contribution in [-0.2, 0) is 6.54 Å². The summed E-state index contributed by atoms with van der Waals surface area (Å²) in [5.41, 5.74) is 8.38. The zero-order valence-electron chi connectivity index (χ0n) is 11.5. The van der Waals surface area contributed by atoms with Gasteiger partial charge in [-0.05, 0) is 49.9 Å². The van der Waals surface area contributed by atoms with E-state index in [4.69, 9.17) is 5.73 Å². The van der Waals surface area contributed by atoms with Gasteiger partial charge in [0.25, 0.3) is 0 Å². The summed E-state index contributed by atoms with van der Waals surface area (Å²) in [6, 6.07) is 4.44. The quantitative estimate of drug-likeness (QED) is 0.886. The van der Waals surface area contributed by atoms with E-state index in [0.29, 0.717) is 12.0 Å². The van der Waals surface area contributed by atoms with E-state index in [2.05, 4.69) is 34.1 Å². The summed E-state index contributed by atoms with van der Waals surface area (Å²) in [5, 5.41) is 1.24. The fraction of sp³-hybridized carbons (Fsp3) is 0.533. The Hall–Kier alpha value is -1.39. The lowest BCUT2D eigenvalue weighted by Crippen LogP contribution is -2.41. The number of piperidine rings is 1. The molecule has 2 aromatic heterocycles. The molecule has 0 amide bonds. The van der Waals surface area contributed by atoms with Crippen LogP contribution in [0, 0.1) is 5.92 Å². The molecule has 3 rings (SSSR count). The highest BCUT2D eigenvalue weighted by Crippen LogP contribution is 2.23. The highest BCUT2D eigenvalue weighted by molar-refractivity contribution is 5.79. The van der Waals surface area contributed by atoms with Gasteiger partial charge >= 0.3 is 0 Å². The van der Waals surface area contributed by atoms with E-state index in [1.165, 1.54) is 30.3 Å². The summed E-state index contributed by atoms with van der Waals surface area (Å²) in [6.07, 6.45) is 6.44. The molecule has 2 unspecified atom stereocenters. The number of hydrogen-bond acceptors (Lipinski definition) is 3. The summed E-state index contributed by atoms with van der Waals surface area (Å²) < 4.78 is 0. The minimum atomic E-state index is 0.299. The highest BCUT2D eigenvalue weighted by atomic mass is 15.1. The highest BCUT2D eigenvalue weighted by Gasteiger charge is 2.23. The van der Waals surface area contributed by atoms with Crippen molar-refractivity contribution in [2.45, 2.75) is 32.4 Å². The van der Waals surface area contributed by atoms with Crippen molar-refractivity contribution in [3.63, 3.8) is 0 Å². The third kappa shape index (κ3) is 2.65. The SMILES string of the molecule is CC(N)C1CCCN(Cc2c[nH]c3ncccc23)C1. The number of nitrogens with one attached hydrogen (secondary N) is 1. The minimum Gasteiger partial charge on any atom is -0.346 e. The van der Waals surface area contributed by atoms with Crippen LogP contribution < -0.4 is 5.73 Å². The van der Waals surface area contributed by atoms with Crippen molar-refractivity contribution >= 4 is 11.0 Å². The van der Waals surface area contributed by atoms with Gasteiger partial charge in [-0.25, -0.2) is 4.98 Å². The van der Waals surface area contributed by atoms with Crippen LogP contribution in [0.5, 0.6) is 0 Å². The molecular formula is C15H22N4. The first-order valence-corrected chi connectivity index (χ1v) is 7.13. The van der Waals surface area contributed by atoms with Gasteiger partial charge < -0.3 is 10.7 Å². The Bertz CT molecular complexity index is 546. The predicted octanol–water partition coefficient (Wildman–Crippen LogP) is 2.12. The standard InChI is InChI=1S/C15H22N4/c1-11(16)12-4-3-7-19(9-12)10-13-8-18-15-14(13)5-2-6-17-15/h2,5-6,8,11-12H,3-4,7,9-10,16H2,1H3,(H,17,18). The van der Waals surface area contributed by atoms with Crippen molar-refractivity contribution in [3.8, 4) is 0 Å². The Balaban J connectivity index is 1.74. The van der Waals surface area contributed by atoms with Crippen LogP contribution in [0.2, 0.25) is 0 Å². The minimum absolute atomic E-state index is 0.299. The first-order chi connectivity index (χ1) is 9.24. The van der Waals surface area contributed by atoms with Gasteiger partial charge in [0.1, 0.15) is 5.65 Å².